The number of nitrogens with zero attached hydrogens (tertiary/aromatic N) is 3. The number of methoxy groups -OCH3 is 1. The number of nitrogens with one attached hydrogen (secondary N) is 1. The van der Waals surface area contributed by atoms with Gasteiger partial charge in [0.2, 0.25) is 0 Å². The van der Waals surface area contributed by atoms with E-state index in [1.54, 1.807) is 19.2 Å². The molecular weight excluding hydrogens is 316 g/mol. The summed E-state index contributed by atoms with van der Waals surface area (Å²) in [6, 6.07) is 9.53. The molecule has 0 radical (unpaired) electrons. The zero-order valence-corrected chi connectivity index (χ0v) is 14.7. The second-order valence-corrected chi connectivity index (χ2v) is 6.20. The maximum atomic E-state index is 12.5. The maximum absolute atomic E-state index is 12.5. The molecule has 0 saturated carbocycles. The Balaban J connectivity index is 1.77. The van der Waals surface area contributed by atoms with E-state index < -0.39 is 0 Å². The fourth-order valence-corrected chi connectivity index (χ4v) is 3.25. The summed E-state index contributed by atoms with van der Waals surface area (Å²) in [5.41, 5.74) is 1.04. The van der Waals surface area contributed by atoms with Gasteiger partial charge in [-0.2, -0.15) is 0 Å². The number of hydrogen-bond donors (Lipinski definition) is 1. The Bertz CT molecular complexity index is 735. The van der Waals surface area contributed by atoms with Crippen LogP contribution in [0.2, 0.25) is 0 Å². The van der Waals surface area contributed by atoms with E-state index in [2.05, 4.69) is 27.1 Å². The Labute approximate surface area is 148 Å². The topological polar surface area (TPSA) is 67.4 Å². The SMILES string of the molecule is CCC1CCCCN1c1cc(C(=O)Nc2cccc(OC)c2)ncn1. The molecule has 6 heteroatoms. The zero-order valence-electron chi connectivity index (χ0n) is 14.7. The summed E-state index contributed by atoms with van der Waals surface area (Å²) >= 11 is 0. The van der Waals surface area contributed by atoms with Crippen molar-refractivity contribution in [3.05, 3.63) is 42.4 Å². The molecule has 132 valence electrons. The van der Waals surface area contributed by atoms with Crippen molar-refractivity contribution < 1.29 is 9.53 Å². The number of aromatic nitrogens is 2. The van der Waals surface area contributed by atoms with E-state index in [-0.39, 0.29) is 5.91 Å². The molecule has 25 heavy (non-hydrogen) atoms. The monoisotopic (exact) mass is 340 g/mol. The average molecular weight is 340 g/mol. The number of benzene rings is 1. The molecule has 1 fully saturated rings. The predicted octanol–water partition coefficient (Wildman–Crippen LogP) is 3.51. The standard InChI is InChI=1S/C19H24N4O2/c1-3-15-8-4-5-10-23(15)18-12-17(20-13-21-18)19(24)22-14-7-6-9-16(11-14)25-2/h6-7,9,11-13,15H,3-5,8,10H2,1-2H3,(H,22,24). The highest BCUT2D eigenvalue weighted by Gasteiger charge is 2.23. The van der Waals surface area contributed by atoms with E-state index in [1.807, 2.05) is 18.2 Å². The number of amides is 1. The molecule has 2 aromatic rings. The van der Waals surface area contributed by atoms with Crippen LogP contribution in [-0.2, 0) is 0 Å². The van der Waals surface area contributed by atoms with Crippen LogP contribution in [0, 0.1) is 0 Å². The Morgan fingerprint density at radius 3 is 3.00 bits per heavy atom. The van der Waals surface area contributed by atoms with Crippen molar-refractivity contribution >= 4 is 17.4 Å². The highest BCUT2D eigenvalue weighted by molar-refractivity contribution is 6.03. The number of hydrogen-bond acceptors (Lipinski definition) is 5. The summed E-state index contributed by atoms with van der Waals surface area (Å²) in [6.07, 6.45) is 6.13. The third-order valence-electron chi connectivity index (χ3n) is 4.61. The van der Waals surface area contributed by atoms with Gasteiger partial charge >= 0.3 is 0 Å². The highest BCUT2D eigenvalue weighted by Crippen LogP contribution is 2.25. The molecule has 1 N–H and O–H groups in total. The number of rotatable bonds is 5. The van der Waals surface area contributed by atoms with Gasteiger partial charge in [0.1, 0.15) is 23.6 Å². The van der Waals surface area contributed by atoms with E-state index in [0.717, 1.165) is 25.2 Å². The molecular formula is C19H24N4O2. The molecule has 1 atom stereocenters. The van der Waals surface area contributed by atoms with Crippen LogP contribution >= 0.6 is 0 Å². The van der Waals surface area contributed by atoms with Crippen molar-refractivity contribution in [1.29, 1.82) is 0 Å². The molecule has 1 amide bonds. The van der Waals surface area contributed by atoms with E-state index >= 15 is 0 Å². The van der Waals surface area contributed by atoms with E-state index in [4.69, 9.17) is 4.74 Å². The molecule has 1 unspecified atom stereocenters. The lowest BCUT2D eigenvalue weighted by Gasteiger charge is -2.36. The fraction of sp³-hybridized carbons (Fsp3) is 0.421. The van der Waals surface area contributed by atoms with Crippen molar-refractivity contribution in [2.45, 2.75) is 38.6 Å². The van der Waals surface area contributed by atoms with Crippen molar-refractivity contribution in [2.24, 2.45) is 0 Å². The number of anilines is 2. The van der Waals surface area contributed by atoms with Crippen LogP contribution in [0.25, 0.3) is 0 Å². The summed E-state index contributed by atoms with van der Waals surface area (Å²) < 4.78 is 5.18. The summed E-state index contributed by atoms with van der Waals surface area (Å²) in [6.45, 7) is 3.17. The lowest BCUT2D eigenvalue weighted by Crippen LogP contribution is -2.39. The third-order valence-corrected chi connectivity index (χ3v) is 4.61. The van der Waals surface area contributed by atoms with Crippen molar-refractivity contribution in [3.8, 4) is 5.75 Å². The molecule has 1 aromatic heterocycles. The van der Waals surface area contributed by atoms with Gasteiger partial charge in [0.05, 0.1) is 7.11 Å². The molecule has 6 nitrogen and oxygen atoms in total. The van der Waals surface area contributed by atoms with Crippen LogP contribution in [-0.4, -0.2) is 35.6 Å². The van der Waals surface area contributed by atoms with Gasteiger partial charge in [-0.05, 0) is 37.8 Å². The lowest BCUT2D eigenvalue weighted by atomic mass is 10.00. The first-order valence-electron chi connectivity index (χ1n) is 8.75. The molecule has 0 spiro atoms. The fourth-order valence-electron chi connectivity index (χ4n) is 3.25. The second-order valence-electron chi connectivity index (χ2n) is 6.20. The number of ether oxygens (including phenoxy) is 1. The smallest absolute Gasteiger partial charge is 0.274 e. The first-order valence-corrected chi connectivity index (χ1v) is 8.75. The Morgan fingerprint density at radius 1 is 1.32 bits per heavy atom. The summed E-state index contributed by atoms with van der Waals surface area (Å²) in [7, 11) is 1.60. The molecule has 1 aromatic carbocycles. The first kappa shape index (κ1) is 17.2. The molecule has 1 aliphatic heterocycles. The molecule has 1 saturated heterocycles. The van der Waals surface area contributed by atoms with Crippen LogP contribution in [0.15, 0.2) is 36.7 Å². The normalized spacial score (nSPS) is 17.2. The van der Waals surface area contributed by atoms with Crippen molar-refractivity contribution in [2.75, 3.05) is 23.9 Å². The minimum Gasteiger partial charge on any atom is -0.497 e. The molecule has 3 rings (SSSR count). The Morgan fingerprint density at radius 2 is 2.20 bits per heavy atom. The molecule has 2 heterocycles. The summed E-state index contributed by atoms with van der Waals surface area (Å²) in [5.74, 6) is 1.28. The highest BCUT2D eigenvalue weighted by atomic mass is 16.5. The van der Waals surface area contributed by atoms with Gasteiger partial charge in [0.15, 0.2) is 0 Å². The second kappa shape index (κ2) is 7.96. The Hall–Kier alpha value is -2.63. The van der Waals surface area contributed by atoms with Crippen molar-refractivity contribution in [1.82, 2.24) is 9.97 Å². The van der Waals surface area contributed by atoms with Gasteiger partial charge in [-0.25, -0.2) is 9.97 Å². The van der Waals surface area contributed by atoms with Gasteiger partial charge in [-0.1, -0.05) is 13.0 Å². The molecule has 1 aliphatic rings. The van der Waals surface area contributed by atoms with E-state index in [1.165, 1.54) is 19.2 Å². The van der Waals surface area contributed by atoms with Crippen LogP contribution in [0.1, 0.15) is 43.1 Å². The van der Waals surface area contributed by atoms with Crippen molar-refractivity contribution in [3.63, 3.8) is 0 Å². The minimum absolute atomic E-state index is 0.248. The zero-order chi connectivity index (χ0) is 17.6. The largest absolute Gasteiger partial charge is 0.497 e. The van der Waals surface area contributed by atoms with Gasteiger partial charge < -0.3 is 15.0 Å². The third kappa shape index (κ3) is 4.07. The van der Waals surface area contributed by atoms with Gasteiger partial charge in [-0.3, -0.25) is 4.79 Å². The molecule has 0 aliphatic carbocycles. The van der Waals surface area contributed by atoms with E-state index in [0.29, 0.717) is 23.2 Å². The summed E-state index contributed by atoms with van der Waals surface area (Å²) in [5, 5.41) is 2.86. The van der Waals surface area contributed by atoms with Crippen LogP contribution in [0.4, 0.5) is 11.5 Å². The predicted molar refractivity (Wildman–Crippen MR) is 98.3 cm³/mol. The Kier molecular flexibility index (Phi) is 5.48. The number of carbonyl (C=O) groups excluding carboxylic acids is 1. The summed E-state index contributed by atoms with van der Waals surface area (Å²) in [4.78, 5) is 23.4. The lowest BCUT2D eigenvalue weighted by molar-refractivity contribution is 0.102. The quantitative estimate of drug-likeness (QED) is 0.902. The minimum atomic E-state index is -0.248. The van der Waals surface area contributed by atoms with E-state index in [9.17, 15) is 4.79 Å². The van der Waals surface area contributed by atoms with Gasteiger partial charge in [0.25, 0.3) is 5.91 Å². The molecule has 0 bridgehead atoms. The van der Waals surface area contributed by atoms with Crippen LogP contribution in [0.5, 0.6) is 5.75 Å². The number of carbonyl (C=O) groups is 1. The average Bonchev–Trinajstić information content (AvgIpc) is 2.68. The first-order chi connectivity index (χ1) is 12.2. The van der Waals surface area contributed by atoms with Crippen LogP contribution in [0.3, 0.4) is 0 Å². The number of piperidine rings is 1. The maximum Gasteiger partial charge on any atom is 0.274 e. The van der Waals surface area contributed by atoms with Crippen LogP contribution < -0.4 is 15.0 Å². The van der Waals surface area contributed by atoms with Gasteiger partial charge in [-0.15, -0.1) is 0 Å². The van der Waals surface area contributed by atoms with Gasteiger partial charge in [0, 0.05) is 30.4 Å².